The summed E-state index contributed by atoms with van der Waals surface area (Å²) in [5, 5.41) is 0. The van der Waals surface area contributed by atoms with E-state index in [2.05, 4.69) is 36.2 Å². The number of hydrogen-bond donors (Lipinski definition) is 0. The zero-order valence-corrected chi connectivity index (χ0v) is 11.8. The van der Waals surface area contributed by atoms with Crippen LogP contribution in [0.5, 0.6) is 5.75 Å². The highest BCUT2D eigenvalue weighted by Gasteiger charge is 2.08. The molecule has 0 unspecified atom stereocenters. The van der Waals surface area contributed by atoms with E-state index in [9.17, 15) is 0 Å². The van der Waals surface area contributed by atoms with Gasteiger partial charge in [-0.15, -0.1) is 0 Å². The summed E-state index contributed by atoms with van der Waals surface area (Å²) in [6, 6.07) is 12.5. The van der Waals surface area contributed by atoms with Gasteiger partial charge in [-0.05, 0) is 24.1 Å². The molecule has 0 bridgehead atoms. The maximum atomic E-state index is 5.34. The van der Waals surface area contributed by atoms with E-state index in [1.54, 1.807) is 7.11 Å². The number of fused-ring (bicyclic) bond motifs is 1. The third-order valence-electron chi connectivity index (χ3n) is 3.46. The molecule has 0 amide bonds. The molecule has 1 aromatic carbocycles. The van der Waals surface area contributed by atoms with E-state index in [1.807, 2.05) is 28.9 Å². The Labute approximate surface area is 118 Å². The third kappa shape index (κ3) is 2.27. The van der Waals surface area contributed by atoms with Crippen molar-refractivity contribution in [2.75, 3.05) is 7.11 Å². The molecule has 0 atom stereocenters. The lowest BCUT2D eigenvalue weighted by Gasteiger charge is -2.00. The number of aryl methyl sites for hydroxylation is 1. The van der Waals surface area contributed by atoms with Crippen molar-refractivity contribution in [2.24, 2.45) is 0 Å². The highest BCUT2D eigenvalue weighted by Crippen LogP contribution is 2.24. The SMILES string of the molecule is CCCc1ccc(-c2cn3cccc(OC)c3n2)cc1. The van der Waals surface area contributed by atoms with Crippen LogP contribution in [-0.4, -0.2) is 16.5 Å². The molecular formula is C17H18N2O. The molecule has 3 heteroatoms. The van der Waals surface area contributed by atoms with Gasteiger partial charge in [-0.2, -0.15) is 0 Å². The van der Waals surface area contributed by atoms with E-state index in [0.717, 1.165) is 29.1 Å². The number of nitrogens with zero attached hydrogens (tertiary/aromatic N) is 2. The first-order chi connectivity index (χ1) is 9.81. The fourth-order valence-corrected chi connectivity index (χ4v) is 2.42. The van der Waals surface area contributed by atoms with Gasteiger partial charge < -0.3 is 9.14 Å². The molecule has 0 radical (unpaired) electrons. The zero-order valence-electron chi connectivity index (χ0n) is 11.8. The van der Waals surface area contributed by atoms with Gasteiger partial charge in [-0.3, -0.25) is 0 Å². The lowest BCUT2D eigenvalue weighted by Crippen LogP contribution is -1.88. The Kier molecular flexibility index (Phi) is 3.42. The molecule has 0 saturated heterocycles. The van der Waals surface area contributed by atoms with Crippen molar-refractivity contribution >= 4 is 5.65 Å². The van der Waals surface area contributed by atoms with Crippen LogP contribution in [0.4, 0.5) is 0 Å². The second-order valence-corrected chi connectivity index (χ2v) is 4.88. The Morgan fingerprint density at radius 3 is 2.65 bits per heavy atom. The van der Waals surface area contributed by atoms with Gasteiger partial charge in [0.25, 0.3) is 0 Å². The summed E-state index contributed by atoms with van der Waals surface area (Å²) in [5.41, 5.74) is 4.33. The lowest BCUT2D eigenvalue weighted by molar-refractivity contribution is 0.417. The van der Waals surface area contributed by atoms with Crippen LogP contribution in [0.3, 0.4) is 0 Å². The number of hydrogen-bond acceptors (Lipinski definition) is 2. The van der Waals surface area contributed by atoms with Crippen molar-refractivity contribution in [1.29, 1.82) is 0 Å². The van der Waals surface area contributed by atoms with Gasteiger partial charge in [0.15, 0.2) is 11.4 Å². The fraction of sp³-hybridized carbons (Fsp3) is 0.235. The Morgan fingerprint density at radius 1 is 1.15 bits per heavy atom. The summed E-state index contributed by atoms with van der Waals surface area (Å²) in [6.45, 7) is 2.20. The maximum Gasteiger partial charge on any atom is 0.180 e. The second kappa shape index (κ2) is 5.37. The van der Waals surface area contributed by atoms with Crippen molar-refractivity contribution in [3.63, 3.8) is 0 Å². The number of methoxy groups -OCH3 is 1. The van der Waals surface area contributed by atoms with E-state index in [4.69, 9.17) is 4.74 Å². The van der Waals surface area contributed by atoms with Crippen LogP contribution >= 0.6 is 0 Å². The molecule has 0 aliphatic carbocycles. The number of imidazole rings is 1. The van der Waals surface area contributed by atoms with Crippen LogP contribution in [0.1, 0.15) is 18.9 Å². The average molecular weight is 266 g/mol. The summed E-state index contributed by atoms with van der Waals surface area (Å²) in [7, 11) is 1.67. The van der Waals surface area contributed by atoms with E-state index in [1.165, 1.54) is 12.0 Å². The van der Waals surface area contributed by atoms with Gasteiger partial charge in [0.05, 0.1) is 12.8 Å². The van der Waals surface area contributed by atoms with Crippen molar-refractivity contribution in [3.05, 3.63) is 54.4 Å². The number of aromatic nitrogens is 2. The Morgan fingerprint density at radius 2 is 1.95 bits per heavy atom. The van der Waals surface area contributed by atoms with Crippen LogP contribution in [0, 0.1) is 0 Å². The van der Waals surface area contributed by atoms with Crippen LogP contribution in [0.2, 0.25) is 0 Å². The van der Waals surface area contributed by atoms with Gasteiger partial charge in [0, 0.05) is 18.0 Å². The summed E-state index contributed by atoms with van der Waals surface area (Å²) < 4.78 is 7.34. The van der Waals surface area contributed by atoms with Gasteiger partial charge in [0.1, 0.15) is 0 Å². The summed E-state index contributed by atoms with van der Waals surface area (Å²) in [6.07, 6.45) is 6.32. The number of ether oxygens (including phenoxy) is 1. The smallest absolute Gasteiger partial charge is 0.180 e. The second-order valence-electron chi connectivity index (χ2n) is 4.88. The minimum Gasteiger partial charge on any atom is -0.493 e. The topological polar surface area (TPSA) is 26.5 Å². The molecule has 3 aromatic rings. The summed E-state index contributed by atoms with van der Waals surface area (Å²) in [4.78, 5) is 4.67. The quantitative estimate of drug-likeness (QED) is 0.714. The molecular weight excluding hydrogens is 248 g/mol. The van der Waals surface area contributed by atoms with E-state index >= 15 is 0 Å². The first kappa shape index (κ1) is 12.7. The molecule has 0 saturated carbocycles. The number of pyridine rings is 1. The highest BCUT2D eigenvalue weighted by atomic mass is 16.5. The molecule has 0 fully saturated rings. The molecule has 2 heterocycles. The third-order valence-corrected chi connectivity index (χ3v) is 3.46. The largest absolute Gasteiger partial charge is 0.493 e. The molecule has 0 aliphatic heterocycles. The van der Waals surface area contributed by atoms with E-state index in [0.29, 0.717) is 0 Å². The highest BCUT2D eigenvalue weighted by molar-refractivity contribution is 5.66. The van der Waals surface area contributed by atoms with Gasteiger partial charge >= 0.3 is 0 Å². The first-order valence-corrected chi connectivity index (χ1v) is 6.93. The lowest BCUT2D eigenvalue weighted by atomic mass is 10.1. The first-order valence-electron chi connectivity index (χ1n) is 6.93. The van der Waals surface area contributed by atoms with Crippen molar-refractivity contribution in [2.45, 2.75) is 19.8 Å². The van der Waals surface area contributed by atoms with Gasteiger partial charge in [-0.25, -0.2) is 4.98 Å². The molecule has 3 nitrogen and oxygen atoms in total. The van der Waals surface area contributed by atoms with E-state index in [-0.39, 0.29) is 0 Å². The molecule has 0 N–H and O–H groups in total. The maximum absolute atomic E-state index is 5.34. The Balaban J connectivity index is 2.01. The van der Waals surface area contributed by atoms with Crippen LogP contribution in [-0.2, 0) is 6.42 Å². The van der Waals surface area contributed by atoms with Crippen molar-refractivity contribution in [1.82, 2.24) is 9.38 Å². The molecule has 102 valence electrons. The van der Waals surface area contributed by atoms with E-state index < -0.39 is 0 Å². The minimum absolute atomic E-state index is 0.793. The fourth-order valence-electron chi connectivity index (χ4n) is 2.42. The Bertz CT molecular complexity index is 713. The van der Waals surface area contributed by atoms with Crippen molar-refractivity contribution < 1.29 is 4.74 Å². The van der Waals surface area contributed by atoms with Crippen molar-refractivity contribution in [3.8, 4) is 17.0 Å². The number of rotatable bonds is 4. The van der Waals surface area contributed by atoms with Crippen LogP contribution in [0.15, 0.2) is 48.8 Å². The molecule has 20 heavy (non-hydrogen) atoms. The Hall–Kier alpha value is -2.29. The molecule has 0 spiro atoms. The summed E-state index contributed by atoms with van der Waals surface area (Å²) >= 11 is 0. The summed E-state index contributed by atoms with van der Waals surface area (Å²) in [5.74, 6) is 0.793. The zero-order chi connectivity index (χ0) is 13.9. The monoisotopic (exact) mass is 266 g/mol. The van der Waals surface area contributed by atoms with Crippen LogP contribution < -0.4 is 4.74 Å². The molecule has 0 aliphatic rings. The standard InChI is InChI=1S/C17H18N2O/c1-3-5-13-7-9-14(10-8-13)15-12-19-11-4-6-16(20-2)17(19)18-15/h4,6-12H,3,5H2,1-2H3. The van der Waals surface area contributed by atoms with Gasteiger partial charge in [0.2, 0.25) is 0 Å². The van der Waals surface area contributed by atoms with Crippen LogP contribution in [0.25, 0.3) is 16.9 Å². The minimum atomic E-state index is 0.793. The van der Waals surface area contributed by atoms with Gasteiger partial charge in [-0.1, -0.05) is 37.6 Å². The average Bonchev–Trinajstić information content (AvgIpc) is 2.92. The normalized spacial score (nSPS) is 10.9. The molecule has 3 rings (SSSR count). The molecule has 2 aromatic heterocycles. The number of benzene rings is 1. The predicted octanol–water partition coefficient (Wildman–Crippen LogP) is 3.96. The predicted molar refractivity (Wildman–Crippen MR) is 81.2 cm³/mol.